The molecule has 2 aromatic rings. The van der Waals surface area contributed by atoms with E-state index in [1.165, 1.54) is 13.3 Å². The van der Waals surface area contributed by atoms with Crippen LogP contribution in [0.15, 0.2) is 36.5 Å². The van der Waals surface area contributed by atoms with E-state index in [0.717, 1.165) is 0 Å². The topological polar surface area (TPSA) is 48.4 Å². The Morgan fingerprint density at radius 2 is 2.05 bits per heavy atom. The number of pyridine rings is 1. The summed E-state index contributed by atoms with van der Waals surface area (Å²) in [6.07, 6.45) is 1.39. The lowest BCUT2D eigenvalue weighted by molar-refractivity contribution is 0.0472. The Bertz CT molecular complexity index is 614. The maximum atomic E-state index is 11.8. The number of esters is 1. The molecule has 20 heavy (non-hydrogen) atoms. The van der Waals surface area contributed by atoms with Crippen molar-refractivity contribution in [3.8, 4) is 5.88 Å². The molecule has 0 fully saturated rings. The smallest absolute Gasteiger partial charge is 0.340 e. The zero-order valence-corrected chi connectivity index (χ0v) is 12.1. The van der Waals surface area contributed by atoms with Crippen molar-refractivity contribution in [1.29, 1.82) is 0 Å². The van der Waals surface area contributed by atoms with Crippen LogP contribution in [-0.2, 0) is 11.3 Å². The first kappa shape index (κ1) is 14.6. The molecule has 0 aliphatic heterocycles. The van der Waals surface area contributed by atoms with E-state index in [2.05, 4.69) is 4.98 Å². The molecule has 0 radical (unpaired) electrons. The van der Waals surface area contributed by atoms with Gasteiger partial charge < -0.3 is 9.47 Å². The third-order valence-electron chi connectivity index (χ3n) is 2.56. The fraction of sp³-hybridized carbons (Fsp3) is 0.143. The quantitative estimate of drug-likeness (QED) is 0.807. The van der Waals surface area contributed by atoms with Crippen LogP contribution >= 0.6 is 23.2 Å². The van der Waals surface area contributed by atoms with Crippen LogP contribution in [0.2, 0.25) is 10.0 Å². The van der Waals surface area contributed by atoms with E-state index in [-0.39, 0.29) is 6.61 Å². The second kappa shape index (κ2) is 6.59. The number of aromatic nitrogens is 1. The number of hydrogen-bond donors (Lipinski definition) is 0. The van der Waals surface area contributed by atoms with Gasteiger partial charge in [0.25, 0.3) is 0 Å². The second-order valence-corrected chi connectivity index (χ2v) is 4.74. The molecule has 0 unspecified atom stereocenters. The number of carbonyl (C=O) groups is 1. The summed E-state index contributed by atoms with van der Waals surface area (Å²) in [5, 5.41) is 0.989. The van der Waals surface area contributed by atoms with Crippen LogP contribution in [0.1, 0.15) is 15.9 Å². The number of carbonyl (C=O) groups excluding carboxylic acids is 1. The van der Waals surface area contributed by atoms with E-state index in [0.29, 0.717) is 27.1 Å². The van der Waals surface area contributed by atoms with Gasteiger partial charge in [0, 0.05) is 27.9 Å². The van der Waals surface area contributed by atoms with Crippen LogP contribution in [-0.4, -0.2) is 18.1 Å². The molecule has 0 spiro atoms. The van der Waals surface area contributed by atoms with Gasteiger partial charge in [0.1, 0.15) is 6.61 Å². The Morgan fingerprint density at radius 3 is 2.65 bits per heavy atom. The fourth-order valence-corrected chi connectivity index (χ4v) is 1.95. The highest BCUT2D eigenvalue weighted by atomic mass is 35.5. The highest BCUT2D eigenvalue weighted by molar-refractivity contribution is 6.35. The summed E-state index contributed by atoms with van der Waals surface area (Å²) in [4.78, 5) is 15.8. The van der Waals surface area contributed by atoms with Gasteiger partial charge in [0.05, 0.1) is 12.7 Å². The SMILES string of the molecule is COc1ccc(C(=O)OCc2ccc(Cl)cc2Cl)cn1. The first-order valence-electron chi connectivity index (χ1n) is 5.71. The van der Waals surface area contributed by atoms with E-state index in [1.807, 2.05) is 0 Å². The van der Waals surface area contributed by atoms with Crippen molar-refractivity contribution in [1.82, 2.24) is 4.98 Å². The predicted molar refractivity (Wildman–Crippen MR) is 76.4 cm³/mol. The summed E-state index contributed by atoms with van der Waals surface area (Å²) in [7, 11) is 1.50. The highest BCUT2D eigenvalue weighted by Gasteiger charge is 2.10. The van der Waals surface area contributed by atoms with E-state index in [1.54, 1.807) is 30.3 Å². The highest BCUT2D eigenvalue weighted by Crippen LogP contribution is 2.22. The monoisotopic (exact) mass is 311 g/mol. The van der Waals surface area contributed by atoms with Crippen molar-refractivity contribution in [3.05, 3.63) is 57.7 Å². The second-order valence-electron chi connectivity index (χ2n) is 3.90. The number of benzene rings is 1. The first-order chi connectivity index (χ1) is 9.60. The van der Waals surface area contributed by atoms with Crippen LogP contribution < -0.4 is 4.74 Å². The summed E-state index contributed by atoms with van der Waals surface area (Å²) >= 11 is 11.8. The molecule has 1 heterocycles. The number of hydrogen-bond acceptors (Lipinski definition) is 4. The molecule has 6 heteroatoms. The molecule has 0 saturated carbocycles. The largest absolute Gasteiger partial charge is 0.481 e. The van der Waals surface area contributed by atoms with Crippen molar-refractivity contribution in [3.63, 3.8) is 0 Å². The van der Waals surface area contributed by atoms with Crippen molar-refractivity contribution in [2.45, 2.75) is 6.61 Å². The Kier molecular flexibility index (Phi) is 4.82. The molecule has 0 amide bonds. The molecule has 1 aromatic heterocycles. The molecule has 0 bridgehead atoms. The third-order valence-corrected chi connectivity index (χ3v) is 3.14. The zero-order chi connectivity index (χ0) is 14.5. The van der Waals surface area contributed by atoms with Gasteiger partial charge in [0.15, 0.2) is 0 Å². The van der Waals surface area contributed by atoms with Gasteiger partial charge in [-0.2, -0.15) is 0 Å². The molecular formula is C14H11Cl2NO3. The van der Waals surface area contributed by atoms with Gasteiger partial charge in [0.2, 0.25) is 5.88 Å². The van der Waals surface area contributed by atoms with Crippen molar-refractivity contribution >= 4 is 29.2 Å². The summed E-state index contributed by atoms with van der Waals surface area (Å²) in [5.41, 5.74) is 1.03. The van der Waals surface area contributed by atoms with Gasteiger partial charge >= 0.3 is 5.97 Å². The van der Waals surface area contributed by atoms with Crippen LogP contribution in [0.3, 0.4) is 0 Å². The van der Waals surface area contributed by atoms with Crippen LogP contribution in [0.25, 0.3) is 0 Å². The number of halogens is 2. The maximum Gasteiger partial charge on any atom is 0.340 e. The number of ether oxygens (including phenoxy) is 2. The molecule has 0 aliphatic carbocycles. The molecule has 0 aliphatic rings. The summed E-state index contributed by atoms with van der Waals surface area (Å²) in [5.74, 6) is -0.0477. The minimum absolute atomic E-state index is 0.0703. The molecule has 0 N–H and O–H groups in total. The summed E-state index contributed by atoms with van der Waals surface area (Å²) < 4.78 is 10.1. The van der Waals surface area contributed by atoms with Gasteiger partial charge in [-0.3, -0.25) is 0 Å². The molecule has 2 rings (SSSR count). The van der Waals surface area contributed by atoms with Crippen molar-refractivity contribution in [2.75, 3.05) is 7.11 Å². The fourth-order valence-electron chi connectivity index (χ4n) is 1.49. The van der Waals surface area contributed by atoms with Gasteiger partial charge in [-0.15, -0.1) is 0 Å². The lowest BCUT2D eigenvalue weighted by Crippen LogP contribution is -2.06. The van der Waals surface area contributed by atoms with Crippen LogP contribution in [0.4, 0.5) is 0 Å². The Balaban J connectivity index is 2.00. The Labute approximate surface area is 126 Å². The average molecular weight is 312 g/mol. The van der Waals surface area contributed by atoms with E-state index in [4.69, 9.17) is 32.7 Å². The molecule has 104 valence electrons. The minimum atomic E-state index is -0.480. The average Bonchev–Trinajstić information content (AvgIpc) is 2.46. The van der Waals surface area contributed by atoms with E-state index < -0.39 is 5.97 Å². The van der Waals surface area contributed by atoms with Gasteiger partial charge in [-0.25, -0.2) is 9.78 Å². The first-order valence-corrected chi connectivity index (χ1v) is 6.47. The Hall–Kier alpha value is -1.78. The van der Waals surface area contributed by atoms with Crippen molar-refractivity contribution in [2.24, 2.45) is 0 Å². The third kappa shape index (κ3) is 3.62. The lowest BCUT2D eigenvalue weighted by Gasteiger charge is -2.07. The zero-order valence-electron chi connectivity index (χ0n) is 10.6. The number of nitrogens with zero attached hydrogens (tertiary/aromatic N) is 1. The maximum absolute atomic E-state index is 11.8. The molecular weight excluding hydrogens is 301 g/mol. The lowest BCUT2D eigenvalue weighted by atomic mass is 10.2. The van der Waals surface area contributed by atoms with Gasteiger partial charge in [-0.1, -0.05) is 29.3 Å². The van der Waals surface area contributed by atoms with E-state index in [9.17, 15) is 4.79 Å². The minimum Gasteiger partial charge on any atom is -0.481 e. The van der Waals surface area contributed by atoms with Crippen LogP contribution in [0, 0.1) is 0 Å². The van der Waals surface area contributed by atoms with Gasteiger partial charge in [-0.05, 0) is 18.2 Å². The molecule has 0 saturated heterocycles. The van der Waals surface area contributed by atoms with E-state index >= 15 is 0 Å². The van der Waals surface area contributed by atoms with Crippen LogP contribution in [0.5, 0.6) is 5.88 Å². The molecule has 1 aromatic carbocycles. The Morgan fingerprint density at radius 1 is 1.25 bits per heavy atom. The molecule has 0 atom stereocenters. The summed E-state index contributed by atoms with van der Waals surface area (Å²) in [6.45, 7) is 0.0703. The molecule has 4 nitrogen and oxygen atoms in total. The predicted octanol–water partition coefficient (Wildman–Crippen LogP) is 3.75. The summed E-state index contributed by atoms with van der Waals surface area (Å²) in [6, 6.07) is 8.17. The number of rotatable bonds is 4. The van der Waals surface area contributed by atoms with Crippen molar-refractivity contribution < 1.29 is 14.3 Å². The normalized spacial score (nSPS) is 10.2. The number of methoxy groups -OCH3 is 1. The standard InChI is InChI=1S/C14H11Cl2NO3/c1-19-13-5-3-9(7-17-13)14(18)20-8-10-2-4-11(15)6-12(10)16/h2-7H,8H2,1H3.